The van der Waals surface area contributed by atoms with E-state index in [1.807, 2.05) is 30.0 Å². The van der Waals surface area contributed by atoms with Crippen LogP contribution in [0.1, 0.15) is 51.2 Å². The minimum absolute atomic E-state index is 0. The standard InChI is InChI=1S/C22H28N4O2.H2/c1-2-18-12-21(13-24-25-18)28-20-7-3-5-16(11-20)17-6-4-10-26(15-17)22(27)14-23-19-8-9-19;/h3,5,7,11-13,17,19,23H,2,4,6,8-10,14-15H2,1H3;1H. The van der Waals surface area contributed by atoms with Crippen LogP contribution in [0.25, 0.3) is 0 Å². The minimum Gasteiger partial charge on any atom is -0.456 e. The molecule has 2 aliphatic rings. The summed E-state index contributed by atoms with van der Waals surface area (Å²) in [6.45, 7) is 4.16. The molecule has 1 atom stereocenters. The van der Waals surface area contributed by atoms with Crippen molar-refractivity contribution in [3.8, 4) is 11.5 Å². The molecule has 2 aromatic rings. The number of rotatable bonds is 7. The molecule has 2 fully saturated rings. The van der Waals surface area contributed by atoms with Gasteiger partial charge in [-0.1, -0.05) is 19.1 Å². The number of nitrogens with zero attached hydrogens (tertiary/aromatic N) is 3. The summed E-state index contributed by atoms with van der Waals surface area (Å²) in [6.07, 6.45) is 7.01. The molecule has 6 nitrogen and oxygen atoms in total. The van der Waals surface area contributed by atoms with Gasteiger partial charge in [0, 0.05) is 32.5 Å². The van der Waals surface area contributed by atoms with Crippen molar-refractivity contribution in [2.45, 2.75) is 51.0 Å². The summed E-state index contributed by atoms with van der Waals surface area (Å²) >= 11 is 0. The minimum atomic E-state index is 0. The van der Waals surface area contributed by atoms with Gasteiger partial charge < -0.3 is 15.0 Å². The topological polar surface area (TPSA) is 67.3 Å². The Morgan fingerprint density at radius 3 is 3.00 bits per heavy atom. The van der Waals surface area contributed by atoms with Gasteiger partial charge in [0.25, 0.3) is 0 Å². The Kier molecular flexibility index (Phi) is 5.86. The number of hydrogen-bond acceptors (Lipinski definition) is 5. The van der Waals surface area contributed by atoms with E-state index in [9.17, 15) is 4.79 Å². The molecule has 1 aliphatic heterocycles. The maximum absolute atomic E-state index is 12.5. The smallest absolute Gasteiger partial charge is 0.236 e. The van der Waals surface area contributed by atoms with Crippen LogP contribution in [-0.4, -0.2) is 46.7 Å². The molecular formula is C22H30N4O2. The van der Waals surface area contributed by atoms with Crippen LogP contribution in [0.4, 0.5) is 0 Å². The monoisotopic (exact) mass is 382 g/mol. The maximum Gasteiger partial charge on any atom is 0.236 e. The lowest BCUT2D eigenvalue weighted by molar-refractivity contribution is -0.131. The lowest BCUT2D eigenvalue weighted by Gasteiger charge is -2.33. The van der Waals surface area contributed by atoms with E-state index in [-0.39, 0.29) is 7.33 Å². The van der Waals surface area contributed by atoms with Gasteiger partial charge >= 0.3 is 0 Å². The fraction of sp³-hybridized carbons (Fsp3) is 0.500. The predicted molar refractivity (Wildman–Crippen MR) is 110 cm³/mol. The molecular weight excluding hydrogens is 352 g/mol. The number of nitrogens with one attached hydrogen (secondary N) is 1. The molecule has 0 spiro atoms. The summed E-state index contributed by atoms with van der Waals surface area (Å²) in [5.41, 5.74) is 2.14. The molecule has 150 valence electrons. The molecule has 1 amide bonds. The Balaban J connectivity index is 0.00000240. The van der Waals surface area contributed by atoms with Crippen molar-refractivity contribution in [1.29, 1.82) is 0 Å². The Bertz CT molecular complexity index is 828. The second-order valence-corrected chi connectivity index (χ2v) is 7.74. The van der Waals surface area contributed by atoms with E-state index in [2.05, 4.69) is 27.6 Å². The average Bonchev–Trinajstić information content (AvgIpc) is 3.57. The van der Waals surface area contributed by atoms with E-state index < -0.39 is 0 Å². The molecule has 0 radical (unpaired) electrons. The van der Waals surface area contributed by atoms with Gasteiger partial charge in [0.15, 0.2) is 0 Å². The summed E-state index contributed by atoms with van der Waals surface area (Å²) in [4.78, 5) is 14.5. The van der Waals surface area contributed by atoms with Gasteiger partial charge in [0.2, 0.25) is 5.91 Å². The van der Waals surface area contributed by atoms with Crippen LogP contribution in [0.15, 0.2) is 36.5 Å². The highest BCUT2D eigenvalue weighted by Gasteiger charge is 2.27. The lowest BCUT2D eigenvalue weighted by atomic mass is 9.90. The quantitative estimate of drug-likeness (QED) is 0.793. The van der Waals surface area contributed by atoms with Crippen molar-refractivity contribution in [2.75, 3.05) is 19.6 Å². The van der Waals surface area contributed by atoms with E-state index >= 15 is 0 Å². The number of aryl methyl sites for hydroxylation is 1. The van der Waals surface area contributed by atoms with Crippen molar-refractivity contribution in [3.05, 3.63) is 47.8 Å². The largest absolute Gasteiger partial charge is 0.456 e. The average molecular weight is 383 g/mol. The molecule has 1 unspecified atom stereocenters. The zero-order valence-electron chi connectivity index (χ0n) is 16.4. The van der Waals surface area contributed by atoms with Crippen LogP contribution in [0.3, 0.4) is 0 Å². The molecule has 1 saturated carbocycles. The molecule has 1 aromatic carbocycles. The van der Waals surface area contributed by atoms with Crippen molar-refractivity contribution < 1.29 is 11.0 Å². The van der Waals surface area contributed by atoms with Gasteiger partial charge in [-0.3, -0.25) is 4.79 Å². The number of likely N-dealkylation sites (tertiary alicyclic amines) is 1. The number of carbonyl (C=O) groups excluding carboxylic acids is 1. The molecule has 1 aromatic heterocycles. The number of piperidine rings is 1. The van der Waals surface area contributed by atoms with Crippen molar-refractivity contribution >= 4 is 5.91 Å². The SMILES string of the molecule is CCc1cc(Oc2cccc(C3CCCN(C(=O)CNC4CC4)C3)c2)cnn1.[HH]. The second kappa shape index (κ2) is 8.69. The number of aromatic nitrogens is 2. The van der Waals surface area contributed by atoms with Crippen LogP contribution in [-0.2, 0) is 11.2 Å². The highest BCUT2D eigenvalue weighted by molar-refractivity contribution is 5.78. The molecule has 1 saturated heterocycles. The van der Waals surface area contributed by atoms with Crippen LogP contribution >= 0.6 is 0 Å². The Morgan fingerprint density at radius 2 is 2.18 bits per heavy atom. The summed E-state index contributed by atoms with van der Waals surface area (Å²) in [7, 11) is 0. The Labute approximate surface area is 167 Å². The number of carbonyl (C=O) groups is 1. The number of hydrogen-bond donors (Lipinski definition) is 1. The summed E-state index contributed by atoms with van der Waals surface area (Å²) in [6, 6.07) is 10.7. The summed E-state index contributed by atoms with van der Waals surface area (Å²) in [5, 5.41) is 11.4. The highest BCUT2D eigenvalue weighted by Crippen LogP contribution is 2.31. The molecule has 6 heteroatoms. The summed E-state index contributed by atoms with van der Waals surface area (Å²) < 4.78 is 6.01. The van der Waals surface area contributed by atoms with E-state index in [1.165, 1.54) is 18.4 Å². The van der Waals surface area contributed by atoms with Gasteiger partial charge in [-0.15, -0.1) is 0 Å². The van der Waals surface area contributed by atoms with Crippen LogP contribution in [0.2, 0.25) is 0 Å². The zero-order valence-corrected chi connectivity index (χ0v) is 16.4. The highest BCUT2D eigenvalue weighted by atomic mass is 16.5. The van der Waals surface area contributed by atoms with E-state index in [0.717, 1.165) is 43.8 Å². The van der Waals surface area contributed by atoms with Crippen molar-refractivity contribution in [1.82, 2.24) is 20.4 Å². The normalized spacial score (nSPS) is 19.5. The molecule has 4 rings (SSSR count). The van der Waals surface area contributed by atoms with Gasteiger partial charge in [-0.05, 0) is 49.8 Å². The van der Waals surface area contributed by atoms with Gasteiger partial charge in [0.05, 0.1) is 18.4 Å². The van der Waals surface area contributed by atoms with Crippen LogP contribution in [0, 0.1) is 0 Å². The first-order chi connectivity index (χ1) is 13.7. The first-order valence-corrected chi connectivity index (χ1v) is 10.3. The summed E-state index contributed by atoms with van der Waals surface area (Å²) in [5.74, 6) is 2.07. The number of amides is 1. The second-order valence-electron chi connectivity index (χ2n) is 7.74. The van der Waals surface area contributed by atoms with E-state index in [4.69, 9.17) is 4.74 Å². The third kappa shape index (κ3) is 4.87. The van der Waals surface area contributed by atoms with Crippen LogP contribution < -0.4 is 10.1 Å². The van der Waals surface area contributed by atoms with E-state index in [0.29, 0.717) is 24.3 Å². The first kappa shape index (κ1) is 18.9. The third-order valence-electron chi connectivity index (χ3n) is 5.50. The molecule has 1 aliphatic carbocycles. The zero-order chi connectivity index (χ0) is 19.3. The Hall–Kier alpha value is -2.47. The van der Waals surface area contributed by atoms with Crippen LogP contribution in [0.5, 0.6) is 11.5 Å². The lowest BCUT2D eigenvalue weighted by Crippen LogP contribution is -2.43. The van der Waals surface area contributed by atoms with Gasteiger partial charge in [0.1, 0.15) is 11.5 Å². The third-order valence-corrected chi connectivity index (χ3v) is 5.50. The Morgan fingerprint density at radius 1 is 1.29 bits per heavy atom. The fourth-order valence-corrected chi connectivity index (χ4v) is 3.69. The first-order valence-electron chi connectivity index (χ1n) is 10.3. The maximum atomic E-state index is 12.5. The molecule has 0 bridgehead atoms. The van der Waals surface area contributed by atoms with Gasteiger partial charge in [-0.25, -0.2) is 0 Å². The number of ether oxygens (including phenoxy) is 1. The van der Waals surface area contributed by atoms with Gasteiger partial charge in [-0.2, -0.15) is 10.2 Å². The van der Waals surface area contributed by atoms with Crippen molar-refractivity contribution in [2.24, 2.45) is 0 Å². The molecule has 2 heterocycles. The number of benzene rings is 1. The predicted octanol–water partition coefficient (Wildman–Crippen LogP) is 3.54. The van der Waals surface area contributed by atoms with E-state index in [1.54, 1.807) is 6.20 Å². The molecule has 28 heavy (non-hydrogen) atoms. The fourth-order valence-electron chi connectivity index (χ4n) is 3.69. The molecule has 1 N–H and O–H groups in total. The van der Waals surface area contributed by atoms with Crippen molar-refractivity contribution in [3.63, 3.8) is 0 Å².